The zero-order valence-corrected chi connectivity index (χ0v) is 15.8. The number of carbonyl (C=O) groups is 1. The van der Waals surface area contributed by atoms with Gasteiger partial charge in [0.1, 0.15) is 0 Å². The van der Waals surface area contributed by atoms with E-state index >= 15 is 0 Å². The van der Waals surface area contributed by atoms with Gasteiger partial charge < -0.3 is 10.1 Å². The van der Waals surface area contributed by atoms with Crippen molar-refractivity contribution in [2.24, 2.45) is 5.92 Å². The second-order valence-electron chi connectivity index (χ2n) is 6.41. The third-order valence-corrected chi connectivity index (χ3v) is 4.76. The van der Waals surface area contributed by atoms with Gasteiger partial charge in [0.05, 0.1) is 21.9 Å². The number of nitrogens with one attached hydrogen (secondary N) is 1. The van der Waals surface area contributed by atoms with Crippen molar-refractivity contribution in [3.63, 3.8) is 0 Å². The van der Waals surface area contributed by atoms with Crippen LogP contribution in [-0.4, -0.2) is 25.5 Å². The minimum absolute atomic E-state index is 0.0794. The van der Waals surface area contributed by atoms with E-state index in [1.165, 1.54) is 17.5 Å². The molecule has 9 heteroatoms. The van der Waals surface area contributed by atoms with Crippen LogP contribution in [0.2, 0.25) is 10.0 Å². The number of benzene rings is 1. The highest BCUT2D eigenvalue weighted by molar-refractivity contribution is 6.37. The van der Waals surface area contributed by atoms with Gasteiger partial charge in [-0.05, 0) is 37.0 Å². The average Bonchev–Trinajstić information content (AvgIpc) is 3.14. The molecule has 1 N–H and O–H groups in total. The number of para-hydroxylation sites is 1. The van der Waals surface area contributed by atoms with Gasteiger partial charge in [-0.25, -0.2) is 4.68 Å². The Bertz CT molecular complexity index is 944. The summed E-state index contributed by atoms with van der Waals surface area (Å²) >= 11 is 12.1. The van der Waals surface area contributed by atoms with E-state index in [4.69, 9.17) is 27.9 Å². The maximum absolute atomic E-state index is 12.3. The van der Waals surface area contributed by atoms with Gasteiger partial charge >= 0.3 is 0 Å². The first-order chi connectivity index (χ1) is 13.1. The van der Waals surface area contributed by atoms with Gasteiger partial charge in [-0.15, -0.1) is 0 Å². The smallest absolute Gasteiger partial charge is 0.276 e. The predicted octanol–water partition coefficient (Wildman–Crippen LogP) is 4.09. The zero-order valence-electron chi connectivity index (χ0n) is 14.3. The second kappa shape index (κ2) is 7.62. The van der Waals surface area contributed by atoms with Gasteiger partial charge in [-0.2, -0.15) is 10.2 Å². The summed E-state index contributed by atoms with van der Waals surface area (Å²) in [5.74, 6) is 0.789. The molecule has 0 atom stereocenters. The van der Waals surface area contributed by atoms with Gasteiger partial charge in [0.2, 0.25) is 0 Å². The number of nitrogens with zero attached hydrogens (tertiary/aromatic N) is 4. The maximum Gasteiger partial charge on any atom is 0.276 e. The van der Waals surface area contributed by atoms with Crippen molar-refractivity contribution >= 4 is 34.8 Å². The summed E-state index contributed by atoms with van der Waals surface area (Å²) in [7, 11) is 0. The highest BCUT2D eigenvalue weighted by Crippen LogP contribution is 2.32. The molecule has 27 heavy (non-hydrogen) atoms. The number of rotatable bonds is 7. The number of ether oxygens (including phenoxy) is 1. The third kappa shape index (κ3) is 4.43. The molecule has 1 aromatic carbocycles. The van der Waals surface area contributed by atoms with Crippen LogP contribution in [0, 0.1) is 5.92 Å². The van der Waals surface area contributed by atoms with E-state index < -0.39 is 0 Å². The van der Waals surface area contributed by atoms with E-state index in [9.17, 15) is 4.79 Å². The Kier molecular flexibility index (Phi) is 5.05. The van der Waals surface area contributed by atoms with Crippen molar-refractivity contribution in [1.82, 2.24) is 19.6 Å². The summed E-state index contributed by atoms with van der Waals surface area (Å²) in [5, 5.41) is 12.1. The molecule has 0 saturated heterocycles. The molecule has 0 unspecified atom stereocenters. The lowest BCUT2D eigenvalue weighted by Gasteiger charge is -2.09. The third-order valence-electron chi connectivity index (χ3n) is 4.17. The second-order valence-corrected chi connectivity index (χ2v) is 7.23. The minimum Gasteiger partial charge on any atom is -0.468 e. The fraction of sp³-hybridized carbons (Fsp3) is 0.278. The number of amides is 1. The van der Waals surface area contributed by atoms with Crippen LogP contribution in [-0.2, 0) is 13.3 Å². The van der Waals surface area contributed by atoms with Gasteiger partial charge in [-0.1, -0.05) is 29.3 Å². The number of halogens is 2. The number of carbonyl (C=O) groups excluding carboxylic acids is 1. The zero-order chi connectivity index (χ0) is 18.8. The summed E-state index contributed by atoms with van der Waals surface area (Å²) in [6.45, 7) is 0.975. The topological polar surface area (TPSA) is 74.0 Å². The first-order valence-corrected chi connectivity index (χ1v) is 9.28. The highest BCUT2D eigenvalue weighted by Gasteiger charge is 2.22. The molecule has 3 aromatic rings. The summed E-state index contributed by atoms with van der Waals surface area (Å²) < 4.78 is 8.95. The van der Waals surface area contributed by atoms with E-state index in [1.54, 1.807) is 36.7 Å². The van der Waals surface area contributed by atoms with E-state index in [0.717, 1.165) is 12.5 Å². The molecule has 140 valence electrons. The van der Waals surface area contributed by atoms with Crippen molar-refractivity contribution in [2.45, 2.75) is 26.1 Å². The molecular weight excluding hydrogens is 389 g/mol. The Hall–Kier alpha value is -2.51. The molecule has 2 aromatic heterocycles. The molecule has 0 spiro atoms. The van der Waals surface area contributed by atoms with Crippen LogP contribution < -0.4 is 10.1 Å². The summed E-state index contributed by atoms with van der Waals surface area (Å²) in [6, 6.07) is 6.73. The first kappa shape index (κ1) is 17.9. The van der Waals surface area contributed by atoms with Gasteiger partial charge in [0.15, 0.2) is 18.2 Å². The quantitative estimate of drug-likeness (QED) is 0.642. The highest BCUT2D eigenvalue weighted by atomic mass is 35.5. The van der Waals surface area contributed by atoms with Gasteiger partial charge in [0.25, 0.3) is 5.91 Å². The molecule has 0 radical (unpaired) electrons. The lowest BCUT2D eigenvalue weighted by Crippen LogP contribution is -2.14. The first-order valence-electron chi connectivity index (χ1n) is 8.52. The standard InChI is InChI=1S/C18H17Cl2N5O2/c19-14-2-1-3-15(20)17(14)27-11-24-7-6-16(23-24)18(26)22-13-8-21-25(10-13)9-12-4-5-12/h1-3,6-8,10,12H,4-5,9,11H2,(H,22,26). The van der Waals surface area contributed by atoms with E-state index in [1.807, 2.05) is 10.9 Å². The lowest BCUT2D eigenvalue weighted by molar-refractivity contribution is 0.102. The number of hydrogen-bond donors (Lipinski definition) is 1. The van der Waals surface area contributed by atoms with Crippen LogP contribution in [0.25, 0.3) is 0 Å². The molecule has 0 aliphatic heterocycles. The Morgan fingerprint density at radius 1 is 1.22 bits per heavy atom. The molecule has 1 saturated carbocycles. The van der Waals surface area contributed by atoms with Crippen LogP contribution in [0.3, 0.4) is 0 Å². The lowest BCUT2D eigenvalue weighted by atomic mass is 10.3. The summed E-state index contributed by atoms with van der Waals surface area (Å²) in [6.07, 6.45) is 7.62. The molecule has 2 heterocycles. The van der Waals surface area contributed by atoms with Crippen molar-refractivity contribution in [2.75, 3.05) is 5.32 Å². The van der Waals surface area contributed by atoms with Crippen LogP contribution in [0.1, 0.15) is 23.3 Å². The summed E-state index contributed by atoms with van der Waals surface area (Å²) in [5.41, 5.74) is 0.924. The van der Waals surface area contributed by atoms with Crippen molar-refractivity contribution < 1.29 is 9.53 Å². The van der Waals surface area contributed by atoms with Crippen LogP contribution in [0.5, 0.6) is 5.75 Å². The Balaban J connectivity index is 1.35. The van der Waals surface area contributed by atoms with E-state index in [0.29, 0.717) is 21.5 Å². The van der Waals surface area contributed by atoms with Gasteiger partial charge in [-0.3, -0.25) is 9.48 Å². The van der Waals surface area contributed by atoms with Crippen molar-refractivity contribution in [1.29, 1.82) is 0 Å². The van der Waals surface area contributed by atoms with E-state index in [2.05, 4.69) is 15.5 Å². The molecule has 1 aliphatic carbocycles. The monoisotopic (exact) mass is 405 g/mol. The normalized spacial score (nSPS) is 13.6. The van der Waals surface area contributed by atoms with E-state index in [-0.39, 0.29) is 18.3 Å². The SMILES string of the molecule is O=C(Nc1cnn(CC2CC2)c1)c1ccn(COc2c(Cl)cccc2Cl)n1. The molecule has 7 nitrogen and oxygen atoms in total. The fourth-order valence-corrected chi connectivity index (χ4v) is 3.10. The molecular formula is C18H17Cl2N5O2. The molecule has 0 bridgehead atoms. The maximum atomic E-state index is 12.3. The minimum atomic E-state index is -0.310. The Labute approximate surface area is 165 Å². The fourth-order valence-electron chi connectivity index (χ4n) is 2.59. The molecule has 1 amide bonds. The van der Waals surface area contributed by atoms with Crippen molar-refractivity contribution in [3.8, 4) is 5.75 Å². The van der Waals surface area contributed by atoms with Gasteiger partial charge in [0, 0.05) is 18.9 Å². The predicted molar refractivity (Wildman–Crippen MR) is 102 cm³/mol. The molecule has 1 aliphatic rings. The molecule has 4 rings (SSSR count). The number of anilines is 1. The number of hydrogen-bond acceptors (Lipinski definition) is 4. The summed E-state index contributed by atoms with van der Waals surface area (Å²) in [4.78, 5) is 12.3. The number of aromatic nitrogens is 4. The van der Waals surface area contributed by atoms with Crippen LogP contribution in [0.15, 0.2) is 42.9 Å². The average molecular weight is 406 g/mol. The van der Waals surface area contributed by atoms with Crippen LogP contribution >= 0.6 is 23.2 Å². The Morgan fingerprint density at radius 3 is 2.74 bits per heavy atom. The Morgan fingerprint density at radius 2 is 2.00 bits per heavy atom. The molecule has 1 fully saturated rings. The largest absolute Gasteiger partial charge is 0.468 e. The van der Waals surface area contributed by atoms with Crippen LogP contribution in [0.4, 0.5) is 5.69 Å². The van der Waals surface area contributed by atoms with Crippen molar-refractivity contribution in [3.05, 3.63) is 58.6 Å².